The summed E-state index contributed by atoms with van der Waals surface area (Å²) in [7, 11) is 2.13. The minimum atomic E-state index is -0.342. The number of anilines is 2. The van der Waals surface area contributed by atoms with Crippen molar-refractivity contribution in [3.63, 3.8) is 0 Å². The fraction of sp³-hybridized carbons (Fsp3) is 0.348. The van der Waals surface area contributed by atoms with Gasteiger partial charge in [0.25, 0.3) is 11.1 Å². The van der Waals surface area contributed by atoms with E-state index in [9.17, 15) is 14.4 Å². The Kier molecular flexibility index (Phi) is 5.90. The van der Waals surface area contributed by atoms with Gasteiger partial charge < -0.3 is 15.1 Å². The Labute approximate surface area is 180 Å². The van der Waals surface area contributed by atoms with Gasteiger partial charge in [0, 0.05) is 44.0 Å². The Morgan fingerprint density at radius 3 is 2.45 bits per heavy atom. The molecule has 0 saturated carbocycles. The molecule has 1 aliphatic rings. The molecule has 3 aromatic rings. The van der Waals surface area contributed by atoms with Gasteiger partial charge in [-0.3, -0.25) is 19.5 Å². The van der Waals surface area contributed by atoms with Crippen LogP contribution in [0.3, 0.4) is 0 Å². The molecule has 0 bridgehead atoms. The lowest BCUT2D eigenvalue weighted by Gasteiger charge is -2.35. The molecule has 1 fully saturated rings. The summed E-state index contributed by atoms with van der Waals surface area (Å²) < 4.78 is 1.20. The molecule has 162 valence electrons. The van der Waals surface area contributed by atoms with Gasteiger partial charge in [-0.25, -0.2) is 4.68 Å². The number of carbonyl (C=O) groups excluding carboxylic acids is 1. The van der Waals surface area contributed by atoms with Crippen molar-refractivity contribution < 1.29 is 4.79 Å². The number of rotatable bonds is 5. The quantitative estimate of drug-likeness (QED) is 0.655. The lowest BCUT2D eigenvalue weighted by molar-refractivity contribution is -0.116. The molecule has 0 aliphatic carbocycles. The van der Waals surface area contributed by atoms with Crippen molar-refractivity contribution in [2.75, 3.05) is 43.4 Å². The van der Waals surface area contributed by atoms with E-state index < -0.39 is 0 Å². The number of benzene rings is 2. The maximum Gasteiger partial charge on any atom is 0.273 e. The number of hydrogen-bond donors (Lipinski definition) is 2. The Morgan fingerprint density at radius 2 is 1.74 bits per heavy atom. The maximum absolute atomic E-state index is 12.6. The highest BCUT2D eigenvalue weighted by Gasteiger charge is 2.16. The second-order valence-corrected chi connectivity index (χ2v) is 8.03. The van der Waals surface area contributed by atoms with E-state index in [4.69, 9.17) is 0 Å². The second kappa shape index (κ2) is 8.77. The lowest BCUT2D eigenvalue weighted by atomic mass is 10.1. The molecule has 0 atom stereocenters. The summed E-state index contributed by atoms with van der Waals surface area (Å²) in [5.74, 6) is -0.215. The number of nitrogens with zero attached hydrogens (tertiary/aromatic N) is 3. The van der Waals surface area contributed by atoms with Crippen molar-refractivity contribution in [1.82, 2.24) is 14.7 Å². The standard InChI is InChI=1S/C23H27N5O3/c1-16-15-17(7-8-20(16)27-13-11-26(2)12-14-27)24-21(29)9-10-28-23(31)19-6-4-3-5-18(19)22(30)25-28/h3-8,15H,9-14H2,1-2H3,(H,24,29)(H,25,30). The molecule has 2 aromatic carbocycles. The predicted molar refractivity (Wildman–Crippen MR) is 123 cm³/mol. The van der Waals surface area contributed by atoms with Crippen LogP contribution in [-0.4, -0.2) is 53.8 Å². The molecule has 0 unspecified atom stereocenters. The minimum Gasteiger partial charge on any atom is -0.369 e. The number of fused-ring (bicyclic) bond motifs is 1. The van der Waals surface area contributed by atoms with Gasteiger partial charge in [0.05, 0.1) is 17.3 Å². The van der Waals surface area contributed by atoms with Crippen LogP contribution >= 0.6 is 0 Å². The van der Waals surface area contributed by atoms with Gasteiger partial charge in [0.2, 0.25) is 5.91 Å². The Balaban J connectivity index is 1.41. The van der Waals surface area contributed by atoms with E-state index in [0.717, 1.165) is 37.4 Å². The zero-order chi connectivity index (χ0) is 22.0. The molecule has 8 heteroatoms. The number of amides is 1. The van der Waals surface area contributed by atoms with Gasteiger partial charge >= 0.3 is 0 Å². The Bertz CT molecular complexity index is 1220. The molecule has 0 radical (unpaired) electrons. The number of aryl methyl sites for hydroxylation is 2. The summed E-state index contributed by atoms with van der Waals surface area (Å²) in [6.07, 6.45) is 0.0768. The summed E-state index contributed by atoms with van der Waals surface area (Å²) in [6.45, 7) is 6.19. The third kappa shape index (κ3) is 4.54. The lowest BCUT2D eigenvalue weighted by Crippen LogP contribution is -2.44. The zero-order valence-corrected chi connectivity index (χ0v) is 17.9. The first-order chi connectivity index (χ1) is 14.9. The fourth-order valence-electron chi connectivity index (χ4n) is 3.98. The minimum absolute atomic E-state index is 0.0768. The average Bonchev–Trinajstić information content (AvgIpc) is 2.76. The SMILES string of the molecule is Cc1cc(NC(=O)CCn2[nH]c(=O)c3ccccc3c2=O)ccc1N1CCN(C)CC1. The number of nitrogens with one attached hydrogen (secondary N) is 2. The number of piperazine rings is 1. The third-order valence-electron chi connectivity index (χ3n) is 5.77. The molecule has 2 heterocycles. The van der Waals surface area contributed by atoms with Crippen LogP contribution < -0.4 is 21.3 Å². The number of aromatic nitrogens is 2. The monoisotopic (exact) mass is 421 g/mol. The molecule has 1 saturated heterocycles. The molecule has 8 nitrogen and oxygen atoms in total. The number of hydrogen-bond acceptors (Lipinski definition) is 5. The molecule has 2 N–H and O–H groups in total. The van der Waals surface area contributed by atoms with Crippen molar-refractivity contribution in [3.8, 4) is 0 Å². The number of aromatic amines is 1. The van der Waals surface area contributed by atoms with Gasteiger partial charge in [-0.2, -0.15) is 0 Å². The zero-order valence-electron chi connectivity index (χ0n) is 17.9. The number of carbonyl (C=O) groups is 1. The van der Waals surface area contributed by atoms with Crippen LogP contribution in [-0.2, 0) is 11.3 Å². The highest BCUT2D eigenvalue weighted by atomic mass is 16.2. The van der Waals surface area contributed by atoms with Gasteiger partial charge in [-0.15, -0.1) is 0 Å². The van der Waals surface area contributed by atoms with Crippen LogP contribution in [0, 0.1) is 6.92 Å². The summed E-state index contributed by atoms with van der Waals surface area (Å²) in [5, 5.41) is 6.14. The van der Waals surface area contributed by atoms with Crippen LogP contribution in [0.1, 0.15) is 12.0 Å². The fourth-order valence-corrected chi connectivity index (χ4v) is 3.98. The molecule has 1 aliphatic heterocycles. The van der Waals surface area contributed by atoms with Crippen LogP contribution in [0.4, 0.5) is 11.4 Å². The van der Waals surface area contributed by atoms with E-state index >= 15 is 0 Å². The highest BCUT2D eigenvalue weighted by Crippen LogP contribution is 2.24. The first-order valence-corrected chi connectivity index (χ1v) is 10.5. The van der Waals surface area contributed by atoms with E-state index in [1.165, 1.54) is 10.4 Å². The van der Waals surface area contributed by atoms with Crippen molar-refractivity contribution >= 4 is 28.1 Å². The molecule has 4 rings (SSSR count). The first kappa shape index (κ1) is 20.9. The Morgan fingerprint density at radius 1 is 1.03 bits per heavy atom. The summed E-state index contributed by atoms with van der Waals surface area (Å²) in [5.41, 5.74) is 2.37. The van der Waals surface area contributed by atoms with Gasteiger partial charge in [0.1, 0.15) is 0 Å². The largest absolute Gasteiger partial charge is 0.369 e. The molecule has 1 amide bonds. The maximum atomic E-state index is 12.6. The average molecular weight is 422 g/mol. The third-order valence-corrected chi connectivity index (χ3v) is 5.77. The van der Waals surface area contributed by atoms with Crippen LogP contribution in [0.5, 0.6) is 0 Å². The topological polar surface area (TPSA) is 90.4 Å². The van der Waals surface area contributed by atoms with E-state index in [1.807, 2.05) is 25.1 Å². The molecular formula is C23H27N5O3. The van der Waals surface area contributed by atoms with E-state index in [0.29, 0.717) is 10.8 Å². The molecular weight excluding hydrogens is 394 g/mol. The Hall–Kier alpha value is -3.39. The van der Waals surface area contributed by atoms with Crippen molar-refractivity contribution in [3.05, 3.63) is 68.7 Å². The molecule has 1 aromatic heterocycles. The van der Waals surface area contributed by atoms with E-state index in [-0.39, 0.29) is 30.0 Å². The number of likely N-dealkylation sites (N-methyl/N-ethyl adjacent to an activating group) is 1. The molecule has 0 spiro atoms. The van der Waals surface area contributed by atoms with Gasteiger partial charge in [-0.1, -0.05) is 12.1 Å². The van der Waals surface area contributed by atoms with Crippen LogP contribution in [0.15, 0.2) is 52.1 Å². The summed E-state index contributed by atoms with van der Waals surface area (Å²) >= 11 is 0. The van der Waals surface area contributed by atoms with Crippen molar-refractivity contribution in [2.45, 2.75) is 19.9 Å². The van der Waals surface area contributed by atoms with Gasteiger partial charge in [-0.05, 0) is 49.9 Å². The van der Waals surface area contributed by atoms with E-state index in [2.05, 4.69) is 27.3 Å². The second-order valence-electron chi connectivity index (χ2n) is 8.03. The van der Waals surface area contributed by atoms with Gasteiger partial charge in [0.15, 0.2) is 0 Å². The van der Waals surface area contributed by atoms with Crippen molar-refractivity contribution in [1.29, 1.82) is 0 Å². The smallest absolute Gasteiger partial charge is 0.273 e. The first-order valence-electron chi connectivity index (χ1n) is 10.5. The van der Waals surface area contributed by atoms with E-state index in [1.54, 1.807) is 24.3 Å². The normalized spacial score (nSPS) is 14.7. The molecule has 31 heavy (non-hydrogen) atoms. The van der Waals surface area contributed by atoms with Crippen molar-refractivity contribution in [2.24, 2.45) is 0 Å². The number of H-pyrrole nitrogens is 1. The highest BCUT2D eigenvalue weighted by molar-refractivity contribution is 5.91. The van der Waals surface area contributed by atoms with Crippen LogP contribution in [0.2, 0.25) is 0 Å². The predicted octanol–water partition coefficient (Wildman–Crippen LogP) is 1.78. The van der Waals surface area contributed by atoms with Crippen LogP contribution in [0.25, 0.3) is 10.8 Å². The summed E-state index contributed by atoms with van der Waals surface area (Å²) in [6, 6.07) is 12.6. The summed E-state index contributed by atoms with van der Waals surface area (Å²) in [4.78, 5) is 41.9.